The van der Waals surface area contributed by atoms with Gasteiger partial charge in [-0.05, 0) is 31.6 Å². The Bertz CT molecular complexity index is 135. The van der Waals surface area contributed by atoms with Crippen LogP contribution in [0, 0.1) is 11.8 Å². The molecule has 0 N–H and O–H groups in total. The summed E-state index contributed by atoms with van der Waals surface area (Å²) >= 11 is 0. The van der Waals surface area contributed by atoms with Gasteiger partial charge in [-0.15, -0.1) is 0 Å². The molecule has 0 saturated heterocycles. The van der Waals surface area contributed by atoms with Crippen LogP contribution in [0.25, 0.3) is 0 Å². The first-order chi connectivity index (χ1) is 6.74. The molecule has 0 aliphatic carbocycles. The molecule has 84 valence electrons. The Balaban J connectivity index is 3.67. The number of hydrogen-bond donors (Lipinski definition) is 0. The molecular formula is C14H28. The zero-order chi connectivity index (χ0) is 10.8. The Morgan fingerprint density at radius 3 is 2.43 bits per heavy atom. The van der Waals surface area contributed by atoms with Gasteiger partial charge in [0.25, 0.3) is 0 Å². The van der Waals surface area contributed by atoms with E-state index in [-0.39, 0.29) is 0 Å². The van der Waals surface area contributed by atoms with E-state index in [0.717, 1.165) is 11.8 Å². The summed E-state index contributed by atoms with van der Waals surface area (Å²) in [5, 5.41) is 0. The van der Waals surface area contributed by atoms with Crippen LogP contribution in [-0.4, -0.2) is 0 Å². The second-order valence-electron chi connectivity index (χ2n) is 4.56. The average molecular weight is 196 g/mol. The molecule has 0 radical (unpaired) electrons. The molecule has 2 unspecified atom stereocenters. The van der Waals surface area contributed by atoms with Crippen LogP contribution in [0.15, 0.2) is 12.2 Å². The molecular weight excluding hydrogens is 168 g/mol. The molecule has 0 nitrogen and oxygen atoms in total. The van der Waals surface area contributed by atoms with E-state index in [2.05, 4.69) is 39.8 Å². The lowest BCUT2D eigenvalue weighted by molar-refractivity contribution is 0.360. The molecule has 0 aliphatic heterocycles. The van der Waals surface area contributed by atoms with E-state index in [1.54, 1.807) is 0 Å². The Morgan fingerprint density at radius 1 is 1.21 bits per heavy atom. The van der Waals surface area contributed by atoms with Crippen molar-refractivity contribution in [2.45, 2.75) is 66.2 Å². The van der Waals surface area contributed by atoms with Gasteiger partial charge in [0.2, 0.25) is 0 Å². The van der Waals surface area contributed by atoms with Gasteiger partial charge in [-0.1, -0.05) is 58.6 Å². The van der Waals surface area contributed by atoms with Crippen molar-refractivity contribution in [1.82, 2.24) is 0 Å². The normalized spacial score (nSPS) is 16.0. The maximum absolute atomic E-state index is 2.41. The quantitative estimate of drug-likeness (QED) is 0.468. The van der Waals surface area contributed by atoms with Crippen molar-refractivity contribution in [3.63, 3.8) is 0 Å². The van der Waals surface area contributed by atoms with E-state index >= 15 is 0 Å². The monoisotopic (exact) mass is 196 g/mol. The topological polar surface area (TPSA) is 0 Å². The van der Waals surface area contributed by atoms with Gasteiger partial charge < -0.3 is 0 Å². The number of unbranched alkanes of at least 4 members (excludes halogenated alkanes) is 1. The zero-order valence-electron chi connectivity index (χ0n) is 10.6. The van der Waals surface area contributed by atoms with Crippen molar-refractivity contribution >= 4 is 0 Å². The summed E-state index contributed by atoms with van der Waals surface area (Å²) in [6.07, 6.45) is 12.7. The largest absolute Gasteiger partial charge is 0.0917 e. The van der Waals surface area contributed by atoms with Crippen LogP contribution in [0.4, 0.5) is 0 Å². The molecule has 0 aromatic carbocycles. The van der Waals surface area contributed by atoms with Crippen molar-refractivity contribution in [3.8, 4) is 0 Å². The van der Waals surface area contributed by atoms with E-state index < -0.39 is 0 Å². The highest BCUT2D eigenvalue weighted by molar-refractivity contribution is 4.80. The highest BCUT2D eigenvalue weighted by atomic mass is 14.1. The van der Waals surface area contributed by atoms with Gasteiger partial charge in [-0.2, -0.15) is 0 Å². The summed E-state index contributed by atoms with van der Waals surface area (Å²) < 4.78 is 0. The third kappa shape index (κ3) is 7.17. The molecule has 0 aliphatic rings. The molecule has 0 amide bonds. The van der Waals surface area contributed by atoms with Crippen LogP contribution in [0.5, 0.6) is 0 Å². The summed E-state index contributed by atoms with van der Waals surface area (Å²) in [6, 6.07) is 0. The molecule has 0 aromatic rings. The smallest absolute Gasteiger partial charge is 0.0322 e. The summed E-state index contributed by atoms with van der Waals surface area (Å²) in [6.45, 7) is 9.13. The zero-order valence-corrected chi connectivity index (χ0v) is 10.6. The Kier molecular flexibility index (Phi) is 9.13. The molecule has 0 bridgehead atoms. The molecule has 2 atom stereocenters. The van der Waals surface area contributed by atoms with E-state index in [1.807, 2.05) is 0 Å². The van der Waals surface area contributed by atoms with Gasteiger partial charge in [0.15, 0.2) is 0 Å². The van der Waals surface area contributed by atoms with Gasteiger partial charge in [0.05, 0.1) is 0 Å². The summed E-state index contributed by atoms with van der Waals surface area (Å²) in [7, 11) is 0. The summed E-state index contributed by atoms with van der Waals surface area (Å²) in [4.78, 5) is 0. The third-order valence-electron chi connectivity index (χ3n) is 3.07. The van der Waals surface area contributed by atoms with Crippen LogP contribution >= 0.6 is 0 Å². The molecule has 0 spiro atoms. The van der Waals surface area contributed by atoms with Gasteiger partial charge >= 0.3 is 0 Å². The van der Waals surface area contributed by atoms with Crippen molar-refractivity contribution in [2.75, 3.05) is 0 Å². The summed E-state index contributed by atoms with van der Waals surface area (Å²) in [5.41, 5.74) is 0. The maximum Gasteiger partial charge on any atom is -0.0322 e. The van der Waals surface area contributed by atoms with Crippen LogP contribution in [0.1, 0.15) is 66.2 Å². The second kappa shape index (κ2) is 9.30. The fourth-order valence-electron chi connectivity index (χ4n) is 2.00. The second-order valence-corrected chi connectivity index (χ2v) is 4.56. The van der Waals surface area contributed by atoms with Crippen LogP contribution in [0.3, 0.4) is 0 Å². The van der Waals surface area contributed by atoms with Gasteiger partial charge in [-0.25, -0.2) is 0 Å². The Labute approximate surface area is 90.8 Å². The van der Waals surface area contributed by atoms with Crippen molar-refractivity contribution in [3.05, 3.63) is 12.2 Å². The SMILES string of the molecule is CC=CCC(CC)CC(C)CCCC. The highest BCUT2D eigenvalue weighted by Gasteiger charge is 2.09. The minimum atomic E-state index is 0.915. The average Bonchev–Trinajstić information content (AvgIpc) is 2.21. The minimum Gasteiger partial charge on any atom is -0.0917 e. The standard InChI is InChI=1S/C14H28/c1-5-8-10-13(4)12-14(7-3)11-9-6-2/h6,9,13-14H,5,7-8,10-12H2,1-4H3. The minimum absolute atomic E-state index is 0.915. The van der Waals surface area contributed by atoms with Crippen molar-refractivity contribution in [2.24, 2.45) is 11.8 Å². The first-order valence-corrected chi connectivity index (χ1v) is 6.35. The van der Waals surface area contributed by atoms with Crippen molar-refractivity contribution in [1.29, 1.82) is 0 Å². The lowest BCUT2D eigenvalue weighted by Crippen LogP contribution is -2.05. The first kappa shape index (κ1) is 13.7. The highest BCUT2D eigenvalue weighted by Crippen LogP contribution is 2.22. The molecule has 0 saturated carbocycles. The number of allylic oxidation sites excluding steroid dienone is 2. The van der Waals surface area contributed by atoms with Gasteiger partial charge in [-0.3, -0.25) is 0 Å². The molecule has 14 heavy (non-hydrogen) atoms. The van der Waals surface area contributed by atoms with Gasteiger partial charge in [0, 0.05) is 0 Å². The predicted octanol–water partition coefficient (Wildman–Crippen LogP) is 5.20. The molecule has 0 rings (SSSR count). The molecule has 0 heteroatoms. The Hall–Kier alpha value is -0.260. The summed E-state index contributed by atoms with van der Waals surface area (Å²) in [5.74, 6) is 1.84. The lowest BCUT2D eigenvalue weighted by atomic mass is 9.88. The molecule has 0 aromatic heterocycles. The van der Waals surface area contributed by atoms with Crippen LogP contribution < -0.4 is 0 Å². The van der Waals surface area contributed by atoms with Crippen molar-refractivity contribution < 1.29 is 0 Å². The number of hydrogen-bond acceptors (Lipinski definition) is 0. The Morgan fingerprint density at radius 2 is 1.93 bits per heavy atom. The van der Waals surface area contributed by atoms with Crippen LogP contribution in [0.2, 0.25) is 0 Å². The molecule has 0 fully saturated rings. The maximum atomic E-state index is 2.41. The molecule has 0 heterocycles. The third-order valence-corrected chi connectivity index (χ3v) is 3.07. The fourth-order valence-corrected chi connectivity index (χ4v) is 2.00. The first-order valence-electron chi connectivity index (χ1n) is 6.35. The van der Waals surface area contributed by atoms with Crippen LogP contribution in [-0.2, 0) is 0 Å². The van der Waals surface area contributed by atoms with E-state index in [0.29, 0.717) is 0 Å². The van der Waals surface area contributed by atoms with E-state index in [9.17, 15) is 0 Å². The van der Waals surface area contributed by atoms with E-state index in [4.69, 9.17) is 0 Å². The predicted molar refractivity (Wildman–Crippen MR) is 66.5 cm³/mol. The number of rotatable bonds is 8. The van der Waals surface area contributed by atoms with Gasteiger partial charge in [0.1, 0.15) is 0 Å². The fraction of sp³-hybridized carbons (Fsp3) is 0.857. The lowest BCUT2D eigenvalue weighted by Gasteiger charge is -2.18. The van der Waals surface area contributed by atoms with E-state index in [1.165, 1.54) is 38.5 Å².